The van der Waals surface area contributed by atoms with Crippen molar-refractivity contribution in [2.75, 3.05) is 5.75 Å². The van der Waals surface area contributed by atoms with E-state index in [1.165, 1.54) is 30.0 Å². The molecule has 0 aromatic heterocycles. The Balaban J connectivity index is 1.52. The molecule has 0 spiro atoms. The van der Waals surface area contributed by atoms with E-state index in [4.69, 9.17) is 0 Å². The summed E-state index contributed by atoms with van der Waals surface area (Å²) >= 11 is 1.36. The van der Waals surface area contributed by atoms with Crippen LogP contribution in [-0.2, 0) is 4.79 Å². The number of fused-ring (bicyclic) bond motifs is 1. The third-order valence-electron chi connectivity index (χ3n) is 3.52. The van der Waals surface area contributed by atoms with Crippen molar-refractivity contribution in [1.29, 1.82) is 0 Å². The van der Waals surface area contributed by atoms with Crippen LogP contribution >= 0.6 is 11.8 Å². The van der Waals surface area contributed by atoms with Gasteiger partial charge in [-0.3, -0.25) is 20.4 Å². The quantitative estimate of drug-likeness (QED) is 0.557. The molecule has 2 N–H and O–H groups in total. The van der Waals surface area contributed by atoms with Gasteiger partial charge in [0.1, 0.15) is 5.82 Å². The first kappa shape index (κ1) is 17.0. The molecule has 0 bridgehead atoms. The molecule has 0 aliphatic rings. The summed E-state index contributed by atoms with van der Waals surface area (Å²) in [4.78, 5) is 24.6. The van der Waals surface area contributed by atoms with Crippen LogP contribution in [-0.4, -0.2) is 17.6 Å². The van der Waals surface area contributed by atoms with E-state index in [0.717, 1.165) is 15.7 Å². The zero-order chi connectivity index (χ0) is 17.6. The lowest BCUT2D eigenvalue weighted by Gasteiger charge is -2.08. The van der Waals surface area contributed by atoms with Gasteiger partial charge in [0.05, 0.1) is 11.3 Å². The maximum absolute atomic E-state index is 13.5. The van der Waals surface area contributed by atoms with Crippen LogP contribution in [0.1, 0.15) is 10.4 Å². The number of hydrogen-bond donors (Lipinski definition) is 2. The second-order valence-corrected chi connectivity index (χ2v) is 6.33. The van der Waals surface area contributed by atoms with Gasteiger partial charge in [0.15, 0.2) is 0 Å². The van der Waals surface area contributed by atoms with E-state index >= 15 is 0 Å². The molecule has 6 heteroatoms. The van der Waals surface area contributed by atoms with Crippen LogP contribution in [0.5, 0.6) is 0 Å². The molecule has 0 aliphatic heterocycles. The predicted octanol–water partition coefficient (Wildman–Crippen LogP) is 3.53. The molecule has 3 aromatic rings. The summed E-state index contributed by atoms with van der Waals surface area (Å²) in [6.45, 7) is 0. The maximum Gasteiger partial charge on any atom is 0.272 e. The largest absolute Gasteiger partial charge is 0.272 e. The molecule has 0 unspecified atom stereocenters. The molecule has 0 saturated heterocycles. The highest BCUT2D eigenvalue weighted by Gasteiger charge is 2.11. The van der Waals surface area contributed by atoms with E-state index in [2.05, 4.69) is 10.9 Å². The lowest BCUT2D eigenvalue weighted by Crippen LogP contribution is -2.42. The standard InChI is InChI=1S/C19H15FN2O2S/c20-17-8-4-3-7-16(17)19(24)22-21-18(23)12-25-15-10-9-13-5-1-2-6-14(13)11-15/h1-11H,12H2,(H,21,23)(H,22,24). The molecule has 3 rings (SSSR count). The number of carbonyl (C=O) groups is 2. The van der Waals surface area contributed by atoms with E-state index in [9.17, 15) is 14.0 Å². The molecule has 0 saturated carbocycles. The van der Waals surface area contributed by atoms with Crippen molar-refractivity contribution in [2.24, 2.45) is 0 Å². The fourth-order valence-electron chi connectivity index (χ4n) is 2.28. The van der Waals surface area contributed by atoms with Crippen molar-refractivity contribution in [3.8, 4) is 0 Å². The van der Waals surface area contributed by atoms with E-state index in [1.807, 2.05) is 42.5 Å². The number of hydrazine groups is 1. The highest BCUT2D eigenvalue weighted by molar-refractivity contribution is 8.00. The number of nitrogens with one attached hydrogen (secondary N) is 2. The zero-order valence-corrected chi connectivity index (χ0v) is 14.0. The summed E-state index contributed by atoms with van der Waals surface area (Å²) in [7, 11) is 0. The Labute approximate surface area is 148 Å². The lowest BCUT2D eigenvalue weighted by molar-refractivity contribution is -0.119. The zero-order valence-electron chi connectivity index (χ0n) is 13.2. The van der Waals surface area contributed by atoms with Crippen LogP contribution in [0.15, 0.2) is 71.6 Å². The normalized spacial score (nSPS) is 10.4. The average molecular weight is 354 g/mol. The van der Waals surface area contributed by atoms with Crippen LogP contribution in [0.25, 0.3) is 10.8 Å². The Bertz CT molecular complexity index is 930. The first-order valence-corrected chi connectivity index (χ1v) is 8.57. The minimum atomic E-state index is -0.692. The molecule has 3 aromatic carbocycles. The Morgan fingerprint density at radius 2 is 1.60 bits per heavy atom. The third-order valence-corrected chi connectivity index (χ3v) is 4.52. The number of benzene rings is 3. The number of thioether (sulfide) groups is 1. The minimum Gasteiger partial charge on any atom is -0.272 e. The Morgan fingerprint density at radius 3 is 2.40 bits per heavy atom. The minimum absolute atomic E-state index is 0.120. The molecular formula is C19H15FN2O2S. The number of hydrogen-bond acceptors (Lipinski definition) is 3. The van der Waals surface area contributed by atoms with Crippen molar-refractivity contribution in [3.63, 3.8) is 0 Å². The highest BCUT2D eigenvalue weighted by atomic mass is 32.2. The fraction of sp³-hybridized carbons (Fsp3) is 0.0526. The smallest absolute Gasteiger partial charge is 0.272 e. The summed E-state index contributed by atoms with van der Waals surface area (Å²) in [6.07, 6.45) is 0. The van der Waals surface area contributed by atoms with E-state index in [-0.39, 0.29) is 17.2 Å². The number of carbonyl (C=O) groups excluding carboxylic acids is 2. The lowest BCUT2D eigenvalue weighted by atomic mass is 10.1. The first-order chi connectivity index (χ1) is 12.1. The summed E-state index contributed by atoms with van der Waals surface area (Å²) in [5.74, 6) is -1.57. The first-order valence-electron chi connectivity index (χ1n) is 7.59. The van der Waals surface area contributed by atoms with E-state index < -0.39 is 11.7 Å². The molecule has 25 heavy (non-hydrogen) atoms. The summed E-state index contributed by atoms with van der Waals surface area (Å²) in [6, 6.07) is 19.5. The molecule has 126 valence electrons. The fourth-order valence-corrected chi connectivity index (χ4v) is 3.03. The molecule has 2 amide bonds. The number of rotatable bonds is 4. The van der Waals surface area contributed by atoms with Gasteiger partial charge in [-0.15, -0.1) is 11.8 Å². The second kappa shape index (κ2) is 7.81. The van der Waals surface area contributed by atoms with Crippen LogP contribution in [0.2, 0.25) is 0 Å². The molecular weight excluding hydrogens is 339 g/mol. The monoisotopic (exact) mass is 354 g/mol. The molecule has 0 aliphatic carbocycles. The molecule has 0 fully saturated rings. The van der Waals surface area contributed by atoms with Gasteiger partial charge >= 0.3 is 0 Å². The SMILES string of the molecule is O=C(CSc1ccc2ccccc2c1)NNC(=O)c1ccccc1F. The second-order valence-electron chi connectivity index (χ2n) is 5.28. The van der Waals surface area contributed by atoms with Crippen molar-refractivity contribution in [2.45, 2.75) is 4.90 Å². The van der Waals surface area contributed by atoms with Crippen molar-refractivity contribution < 1.29 is 14.0 Å². The van der Waals surface area contributed by atoms with Crippen molar-refractivity contribution >= 4 is 34.3 Å². The molecule has 0 atom stereocenters. The molecule has 0 heterocycles. The van der Waals surface area contributed by atoms with Gasteiger partial charge in [-0.2, -0.15) is 0 Å². The number of amides is 2. The van der Waals surface area contributed by atoms with Gasteiger partial charge in [-0.25, -0.2) is 4.39 Å². The topological polar surface area (TPSA) is 58.2 Å². The average Bonchev–Trinajstić information content (AvgIpc) is 2.64. The van der Waals surface area contributed by atoms with Gasteiger partial charge in [0.25, 0.3) is 5.91 Å². The summed E-state index contributed by atoms with van der Waals surface area (Å²) in [5, 5.41) is 2.23. The van der Waals surface area contributed by atoms with Crippen LogP contribution in [0, 0.1) is 5.82 Å². The summed E-state index contributed by atoms with van der Waals surface area (Å²) in [5.41, 5.74) is 4.38. The van der Waals surface area contributed by atoms with Gasteiger partial charge in [0, 0.05) is 4.90 Å². The summed E-state index contributed by atoms with van der Waals surface area (Å²) < 4.78 is 13.5. The van der Waals surface area contributed by atoms with Crippen molar-refractivity contribution in [3.05, 3.63) is 78.1 Å². The van der Waals surface area contributed by atoms with Crippen LogP contribution in [0.3, 0.4) is 0 Å². The Kier molecular flexibility index (Phi) is 5.30. The van der Waals surface area contributed by atoms with E-state index in [1.54, 1.807) is 6.07 Å². The molecule has 4 nitrogen and oxygen atoms in total. The van der Waals surface area contributed by atoms with Gasteiger partial charge in [-0.1, -0.05) is 42.5 Å². The van der Waals surface area contributed by atoms with E-state index in [0.29, 0.717) is 0 Å². The van der Waals surface area contributed by atoms with Gasteiger partial charge < -0.3 is 0 Å². The maximum atomic E-state index is 13.5. The predicted molar refractivity (Wildman–Crippen MR) is 96.7 cm³/mol. The highest BCUT2D eigenvalue weighted by Crippen LogP contribution is 2.23. The van der Waals surface area contributed by atoms with Crippen LogP contribution in [0.4, 0.5) is 4.39 Å². The molecule has 0 radical (unpaired) electrons. The third kappa shape index (κ3) is 4.36. The van der Waals surface area contributed by atoms with Crippen molar-refractivity contribution in [1.82, 2.24) is 10.9 Å². The Hall–Kier alpha value is -2.86. The Morgan fingerprint density at radius 1 is 0.880 bits per heavy atom. The number of halogens is 1. The van der Waals surface area contributed by atoms with Gasteiger partial charge in [0.2, 0.25) is 5.91 Å². The van der Waals surface area contributed by atoms with Gasteiger partial charge in [-0.05, 0) is 35.0 Å². The van der Waals surface area contributed by atoms with Crippen LogP contribution < -0.4 is 10.9 Å².